The molecule has 0 saturated carbocycles. The second-order valence-corrected chi connectivity index (χ2v) is 19.2. The molecular formula is C54H102N4O6. The molecule has 2 amide bonds. The highest BCUT2D eigenvalue weighted by Gasteiger charge is 2.30. The average molecular weight is 903 g/mol. The maximum Gasteiger partial charge on any atom is 0.325 e. The van der Waals surface area contributed by atoms with Gasteiger partial charge in [-0.2, -0.15) is 0 Å². The van der Waals surface area contributed by atoms with Gasteiger partial charge in [0.1, 0.15) is 18.2 Å². The minimum Gasteiger partial charge on any atom is -0.466 e. The van der Waals surface area contributed by atoms with Crippen LogP contribution in [-0.2, 0) is 28.7 Å². The molecule has 1 atom stereocenters. The highest BCUT2D eigenvalue weighted by atomic mass is 16.6. The normalized spacial score (nSPS) is 12.4. The smallest absolute Gasteiger partial charge is 0.325 e. The molecular weight excluding hydrogens is 801 g/mol. The number of carbonyl (C=O) groups is 4. The summed E-state index contributed by atoms with van der Waals surface area (Å²) >= 11 is 0. The molecule has 0 fully saturated rings. The predicted octanol–water partition coefficient (Wildman–Crippen LogP) is 12.7. The van der Waals surface area contributed by atoms with Crippen molar-refractivity contribution in [2.45, 2.75) is 252 Å². The van der Waals surface area contributed by atoms with Crippen molar-refractivity contribution < 1.29 is 28.7 Å². The number of hydrogen-bond acceptors (Lipinski definition) is 8. The first-order valence-corrected chi connectivity index (χ1v) is 26.6. The van der Waals surface area contributed by atoms with E-state index in [4.69, 9.17) is 15.2 Å². The van der Waals surface area contributed by atoms with Gasteiger partial charge in [-0.25, -0.2) is 0 Å². The van der Waals surface area contributed by atoms with E-state index in [1.54, 1.807) is 25.7 Å². The summed E-state index contributed by atoms with van der Waals surface area (Å²) in [6.07, 6.45) is 44.0. The third-order valence-corrected chi connectivity index (χ3v) is 11.7. The largest absolute Gasteiger partial charge is 0.466 e. The lowest BCUT2D eigenvalue weighted by molar-refractivity contribution is -0.155. The fourth-order valence-electron chi connectivity index (χ4n) is 7.85. The van der Waals surface area contributed by atoms with Gasteiger partial charge in [0, 0.05) is 39.0 Å². The van der Waals surface area contributed by atoms with E-state index >= 15 is 0 Å². The van der Waals surface area contributed by atoms with Crippen LogP contribution in [0.1, 0.15) is 240 Å². The quantitative estimate of drug-likeness (QED) is 0.0351. The zero-order valence-corrected chi connectivity index (χ0v) is 42.7. The first-order chi connectivity index (χ1) is 30.9. The molecule has 0 radical (unpaired) electrons. The predicted molar refractivity (Wildman–Crippen MR) is 269 cm³/mol. The average Bonchev–Trinajstić information content (AvgIpc) is 3.25. The lowest BCUT2D eigenvalue weighted by Gasteiger charge is -2.33. The maximum atomic E-state index is 13.9. The molecule has 0 saturated heterocycles. The van der Waals surface area contributed by atoms with Crippen LogP contribution in [0.3, 0.4) is 0 Å². The summed E-state index contributed by atoms with van der Waals surface area (Å²) in [5, 5.41) is 2.78. The third-order valence-electron chi connectivity index (χ3n) is 11.7. The summed E-state index contributed by atoms with van der Waals surface area (Å²) in [4.78, 5) is 56.5. The number of rotatable bonds is 45. The molecule has 0 aliphatic rings. The summed E-state index contributed by atoms with van der Waals surface area (Å²) in [5.74, 6) is -1.06. The Morgan fingerprint density at radius 3 is 1.50 bits per heavy atom. The Labute approximate surface area is 394 Å². The van der Waals surface area contributed by atoms with E-state index < -0.39 is 17.6 Å². The molecule has 0 spiro atoms. The van der Waals surface area contributed by atoms with Gasteiger partial charge < -0.3 is 30.3 Å². The molecule has 10 heteroatoms. The van der Waals surface area contributed by atoms with E-state index in [9.17, 15) is 19.2 Å². The molecule has 0 aromatic carbocycles. The number of hydrogen-bond donors (Lipinski definition) is 2. The summed E-state index contributed by atoms with van der Waals surface area (Å²) in [6.45, 7) is 12.1. The van der Waals surface area contributed by atoms with Crippen molar-refractivity contribution in [1.82, 2.24) is 15.1 Å². The molecule has 374 valence electrons. The van der Waals surface area contributed by atoms with Crippen molar-refractivity contribution in [3.63, 3.8) is 0 Å². The minimum absolute atomic E-state index is 0.0410. The van der Waals surface area contributed by atoms with Crippen LogP contribution >= 0.6 is 0 Å². The molecule has 3 N–H and O–H groups in total. The lowest BCUT2D eigenvalue weighted by Crippen LogP contribution is -2.52. The number of unbranched alkanes of at least 4 members (excludes halogenated alkanes) is 24. The number of nitrogens with two attached hydrogens (primary N) is 1. The van der Waals surface area contributed by atoms with Gasteiger partial charge in [0.05, 0.1) is 6.61 Å². The third kappa shape index (κ3) is 40.8. The second-order valence-electron chi connectivity index (χ2n) is 19.2. The van der Waals surface area contributed by atoms with Gasteiger partial charge in [-0.05, 0) is 111 Å². The Bertz CT molecular complexity index is 1180. The van der Waals surface area contributed by atoms with Crippen molar-refractivity contribution in [3.05, 3.63) is 24.3 Å². The molecule has 0 bridgehead atoms. The van der Waals surface area contributed by atoms with Gasteiger partial charge in [-0.1, -0.05) is 147 Å². The molecule has 0 aliphatic heterocycles. The molecule has 0 aromatic heterocycles. The number of amides is 2. The molecule has 0 rings (SSSR count). The van der Waals surface area contributed by atoms with Gasteiger partial charge >= 0.3 is 11.9 Å². The van der Waals surface area contributed by atoms with Crippen molar-refractivity contribution in [1.29, 1.82) is 0 Å². The number of nitrogens with one attached hydrogen (secondary N) is 1. The Kier molecular flexibility index (Phi) is 42.3. The van der Waals surface area contributed by atoms with E-state index in [-0.39, 0.29) is 24.3 Å². The highest BCUT2D eigenvalue weighted by Crippen LogP contribution is 2.17. The van der Waals surface area contributed by atoms with Gasteiger partial charge in [-0.3, -0.25) is 19.2 Å². The summed E-state index contributed by atoms with van der Waals surface area (Å²) in [7, 11) is 1.97. The molecule has 1 unspecified atom stereocenters. The van der Waals surface area contributed by atoms with Crippen LogP contribution in [0.2, 0.25) is 0 Å². The Hall–Kier alpha value is -2.72. The Morgan fingerprint density at radius 2 is 1.02 bits per heavy atom. The standard InChI is InChI=1S/C54H102N4O6/c1-7-9-11-13-15-17-19-21-23-25-27-29-31-33-37-41-50(59)58(46-45-57(6)44-43-55)49(53(62)56-48-52(61)64-54(3,4)5)40-36-35-39-47-63-51(60)42-38-34-32-30-28-26-24-22-20-18-16-14-12-10-8-2/h21-24,49H,7-20,25-48,55H2,1-6H3,(H,56,62)/b23-21-,24-22-. The van der Waals surface area contributed by atoms with Crippen molar-refractivity contribution in [3.8, 4) is 0 Å². The van der Waals surface area contributed by atoms with Crippen molar-refractivity contribution >= 4 is 23.8 Å². The first kappa shape index (κ1) is 61.3. The second kappa shape index (κ2) is 44.1. The highest BCUT2D eigenvalue weighted by molar-refractivity contribution is 5.89. The van der Waals surface area contributed by atoms with Crippen LogP contribution in [0.5, 0.6) is 0 Å². The van der Waals surface area contributed by atoms with Gasteiger partial charge in [-0.15, -0.1) is 0 Å². The number of allylic oxidation sites excluding steroid dienone is 4. The zero-order valence-electron chi connectivity index (χ0n) is 42.7. The molecule has 0 heterocycles. The van der Waals surface area contributed by atoms with Gasteiger partial charge in [0.25, 0.3) is 0 Å². The topological polar surface area (TPSA) is 131 Å². The van der Waals surface area contributed by atoms with Crippen LogP contribution < -0.4 is 11.1 Å². The van der Waals surface area contributed by atoms with Crippen LogP contribution in [0.4, 0.5) is 0 Å². The van der Waals surface area contributed by atoms with Gasteiger partial charge in [0.15, 0.2) is 0 Å². The fraction of sp³-hybridized carbons (Fsp3) is 0.852. The maximum absolute atomic E-state index is 13.9. The number of ether oxygens (including phenoxy) is 2. The van der Waals surface area contributed by atoms with Crippen LogP contribution in [0.25, 0.3) is 0 Å². The van der Waals surface area contributed by atoms with E-state index in [1.165, 1.54) is 103 Å². The summed E-state index contributed by atoms with van der Waals surface area (Å²) in [6, 6.07) is -0.729. The summed E-state index contributed by atoms with van der Waals surface area (Å²) in [5.41, 5.74) is 5.15. The SMILES string of the molecule is CCCCCCCC/C=C\CCCCCCCC(=O)OCCCCCC(C(=O)NCC(=O)OC(C)(C)C)N(CCN(C)CCN)C(=O)CCCCCCC/C=C\CCCCCCCC. The molecule has 0 aromatic rings. The van der Waals surface area contributed by atoms with Crippen LogP contribution in [0, 0.1) is 0 Å². The van der Waals surface area contributed by atoms with E-state index in [0.29, 0.717) is 64.9 Å². The number of nitrogens with zero attached hydrogens (tertiary/aromatic N) is 2. The van der Waals surface area contributed by atoms with E-state index in [2.05, 4.69) is 48.4 Å². The Balaban J connectivity index is 4.91. The lowest BCUT2D eigenvalue weighted by atomic mass is 10.0. The first-order valence-electron chi connectivity index (χ1n) is 26.6. The fourth-order valence-corrected chi connectivity index (χ4v) is 7.85. The van der Waals surface area contributed by atoms with Crippen molar-refractivity contribution in [2.75, 3.05) is 46.4 Å². The zero-order chi connectivity index (χ0) is 47.4. The van der Waals surface area contributed by atoms with E-state index in [1.807, 2.05) is 7.05 Å². The van der Waals surface area contributed by atoms with Crippen LogP contribution in [-0.4, -0.2) is 91.6 Å². The number of likely N-dealkylation sites (N-methyl/N-ethyl adjacent to an activating group) is 1. The monoisotopic (exact) mass is 903 g/mol. The van der Waals surface area contributed by atoms with Crippen LogP contribution in [0.15, 0.2) is 24.3 Å². The number of esters is 2. The number of carbonyl (C=O) groups excluding carboxylic acids is 4. The van der Waals surface area contributed by atoms with Gasteiger partial charge in [0.2, 0.25) is 11.8 Å². The minimum atomic E-state index is -0.729. The molecule has 64 heavy (non-hydrogen) atoms. The summed E-state index contributed by atoms with van der Waals surface area (Å²) < 4.78 is 11.0. The molecule has 0 aliphatic carbocycles. The van der Waals surface area contributed by atoms with Crippen molar-refractivity contribution in [2.24, 2.45) is 5.73 Å². The Morgan fingerprint density at radius 1 is 0.562 bits per heavy atom. The van der Waals surface area contributed by atoms with E-state index in [0.717, 1.165) is 70.6 Å². The molecule has 10 nitrogen and oxygen atoms in total.